The van der Waals surface area contributed by atoms with E-state index in [9.17, 15) is 0 Å². The van der Waals surface area contributed by atoms with E-state index in [4.69, 9.17) is 0 Å². The molecule has 4 heteroatoms. The van der Waals surface area contributed by atoms with Crippen molar-refractivity contribution in [3.8, 4) is 0 Å². The normalized spacial score (nSPS) is 11.0. The number of aromatic nitrogens is 3. The average molecular weight is 280 g/mol. The third-order valence-corrected chi connectivity index (χ3v) is 3.72. The molecule has 0 bridgehead atoms. The summed E-state index contributed by atoms with van der Waals surface area (Å²) in [6.45, 7) is 4.98. The average Bonchev–Trinajstić information content (AvgIpc) is 2.91. The summed E-state index contributed by atoms with van der Waals surface area (Å²) in [4.78, 5) is 12.0. The maximum Gasteiger partial charge on any atom is 0.144 e. The molecule has 3 aromatic rings. The zero-order chi connectivity index (χ0) is 14.7. The summed E-state index contributed by atoms with van der Waals surface area (Å²) >= 11 is 0. The van der Waals surface area contributed by atoms with Crippen LogP contribution in [0.1, 0.15) is 23.7 Å². The molecule has 0 aliphatic rings. The monoisotopic (exact) mass is 280 g/mol. The molecule has 2 aromatic heterocycles. The third-order valence-electron chi connectivity index (χ3n) is 3.72. The van der Waals surface area contributed by atoms with E-state index in [1.165, 1.54) is 22.0 Å². The number of anilines is 1. The van der Waals surface area contributed by atoms with Crippen molar-refractivity contribution >= 4 is 16.7 Å². The van der Waals surface area contributed by atoms with Gasteiger partial charge in [0.1, 0.15) is 5.82 Å². The molecule has 0 unspecified atom stereocenters. The second-order valence-electron chi connectivity index (χ2n) is 5.23. The van der Waals surface area contributed by atoms with Crippen molar-refractivity contribution in [1.82, 2.24) is 15.0 Å². The van der Waals surface area contributed by atoms with Crippen molar-refractivity contribution in [2.24, 2.45) is 0 Å². The Bertz CT molecular complexity index is 745. The van der Waals surface area contributed by atoms with Crippen LogP contribution in [0.15, 0.2) is 36.8 Å². The quantitative estimate of drug-likeness (QED) is 0.752. The number of fused-ring (bicyclic) bond motifs is 1. The number of benzene rings is 1. The van der Waals surface area contributed by atoms with Crippen LogP contribution in [-0.4, -0.2) is 21.5 Å². The molecule has 3 rings (SSSR count). The van der Waals surface area contributed by atoms with Gasteiger partial charge in [-0.2, -0.15) is 0 Å². The Hall–Kier alpha value is -2.36. The van der Waals surface area contributed by atoms with E-state index in [0.717, 1.165) is 30.9 Å². The fourth-order valence-electron chi connectivity index (χ4n) is 2.65. The molecule has 0 radical (unpaired) electrons. The summed E-state index contributed by atoms with van der Waals surface area (Å²) in [5, 5.41) is 4.65. The Balaban J connectivity index is 1.71. The van der Waals surface area contributed by atoms with Gasteiger partial charge in [0.25, 0.3) is 0 Å². The van der Waals surface area contributed by atoms with Gasteiger partial charge in [0.15, 0.2) is 0 Å². The minimum absolute atomic E-state index is 0.837. The molecule has 0 saturated heterocycles. The van der Waals surface area contributed by atoms with Gasteiger partial charge >= 0.3 is 0 Å². The Kier molecular flexibility index (Phi) is 3.86. The Labute approximate surface area is 124 Å². The number of nitrogens with one attached hydrogen (secondary N) is 2. The number of hydrogen-bond acceptors (Lipinski definition) is 3. The SMILES string of the molecule is CCc1cccc2c(CCNc3cncc(C)n3)c[nH]c12. The number of aromatic amines is 1. The predicted octanol–water partition coefficient (Wildman–Crippen LogP) is 3.48. The van der Waals surface area contributed by atoms with Crippen molar-refractivity contribution in [3.05, 3.63) is 53.6 Å². The Morgan fingerprint density at radius 1 is 1.19 bits per heavy atom. The van der Waals surface area contributed by atoms with Crippen LogP contribution in [0.5, 0.6) is 0 Å². The van der Waals surface area contributed by atoms with Crippen molar-refractivity contribution in [2.75, 3.05) is 11.9 Å². The fourth-order valence-corrected chi connectivity index (χ4v) is 2.65. The van der Waals surface area contributed by atoms with Gasteiger partial charge in [-0.3, -0.25) is 4.98 Å². The van der Waals surface area contributed by atoms with Gasteiger partial charge in [-0.25, -0.2) is 4.98 Å². The molecule has 2 heterocycles. The predicted molar refractivity (Wildman–Crippen MR) is 86.6 cm³/mol. The highest BCUT2D eigenvalue weighted by Gasteiger charge is 2.06. The molecular formula is C17H20N4. The number of rotatable bonds is 5. The van der Waals surface area contributed by atoms with Crippen LogP contribution in [0.2, 0.25) is 0 Å². The first kappa shape index (κ1) is 13.6. The molecular weight excluding hydrogens is 260 g/mol. The lowest BCUT2D eigenvalue weighted by Gasteiger charge is -2.05. The lowest BCUT2D eigenvalue weighted by atomic mass is 10.1. The zero-order valence-electron chi connectivity index (χ0n) is 12.5. The van der Waals surface area contributed by atoms with Crippen LogP contribution in [0.4, 0.5) is 5.82 Å². The van der Waals surface area contributed by atoms with Gasteiger partial charge in [0, 0.05) is 29.8 Å². The van der Waals surface area contributed by atoms with E-state index < -0.39 is 0 Å². The van der Waals surface area contributed by atoms with Crippen LogP contribution in [0.25, 0.3) is 10.9 Å². The number of aryl methyl sites for hydroxylation is 2. The number of para-hydroxylation sites is 1. The number of nitrogens with zero attached hydrogens (tertiary/aromatic N) is 2. The molecule has 0 spiro atoms. The van der Waals surface area contributed by atoms with E-state index in [2.05, 4.69) is 51.6 Å². The number of hydrogen-bond donors (Lipinski definition) is 2. The van der Waals surface area contributed by atoms with Gasteiger partial charge in [0.2, 0.25) is 0 Å². The van der Waals surface area contributed by atoms with Gasteiger partial charge < -0.3 is 10.3 Å². The maximum atomic E-state index is 4.40. The van der Waals surface area contributed by atoms with Crippen LogP contribution in [-0.2, 0) is 12.8 Å². The Morgan fingerprint density at radius 2 is 2.10 bits per heavy atom. The van der Waals surface area contributed by atoms with E-state index >= 15 is 0 Å². The molecule has 108 valence electrons. The minimum atomic E-state index is 0.837. The summed E-state index contributed by atoms with van der Waals surface area (Å²) < 4.78 is 0. The first-order valence-corrected chi connectivity index (χ1v) is 7.38. The van der Waals surface area contributed by atoms with Crippen molar-refractivity contribution in [3.63, 3.8) is 0 Å². The fraction of sp³-hybridized carbons (Fsp3) is 0.294. The molecule has 1 aromatic carbocycles. The largest absolute Gasteiger partial charge is 0.368 e. The highest BCUT2D eigenvalue weighted by atomic mass is 15.0. The Morgan fingerprint density at radius 3 is 2.90 bits per heavy atom. The van der Waals surface area contributed by atoms with E-state index in [1.54, 1.807) is 12.4 Å². The van der Waals surface area contributed by atoms with Gasteiger partial charge in [0.05, 0.1) is 11.9 Å². The highest BCUT2D eigenvalue weighted by Crippen LogP contribution is 2.22. The van der Waals surface area contributed by atoms with Crippen LogP contribution in [0.3, 0.4) is 0 Å². The summed E-state index contributed by atoms with van der Waals surface area (Å²) in [6.07, 6.45) is 7.65. The molecule has 2 N–H and O–H groups in total. The molecule has 0 aliphatic carbocycles. The van der Waals surface area contributed by atoms with Gasteiger partial charge in [-0.05, 0) is 30.9 Å². The lowest BCUT2D eigenvalue weighted by molar-refractivity contribution is 0.997. The van der Waals surface area contributed by atoms with E-state index in [1.807, 2.05) is 6.92 Å². The van der Waals surface area contributed by atoms with Crippen molar-refractivity contribution in [1.29, 1.82) is 0 Å². The zero-order valence-corrected chi connectivity index (χ0v) is 12.5. The van der Waals surface area contributed by atoms with Crippen molar-refractivity contribution < 1.29 is 0 Å². The maximum absolute atomic E-state index is 4.40. The second kappa shape index (κ2) is 5.95. The standard InChI is InChI=1S/C17H20N4/c1-3-13-5-4-6-15-14(10-20-17(13)15)7-8-19-16-11-18-9-12(2)21-16/h4-6,9-11,20H,3,7-8H2,1-2H3,(H,19,21). The summed E-state index contributed by atoms with van der Waals surface area (Å²) in [7, 11) is 0. The van der Waals surface area contributed by atoms with Crippen molar-refractivity contribution in [2.45, 2.75) is 26.7 Å². The van der Waals surface area contributed by atoms with E-state index in [0.29, 0.717) is 0 Å². The molecule has 0 aliphatic heterocycles. The number of H-pyrrole nitrogens is 1. The highest BCUT2D eigenvalue weighted by molar-refractivity contribution is 5.86. The van der Waals surface area contributed by atoms with Crippen LogP contribution < -0.4 is 5.32 Å². The molecule has 0 fully saturated rings. The molecule has 0 saturated carbocycles. The van der Waals surface area contributed by atoms with Gasteiger partial charge in [-0.15, -0.1) is 0 Å². The molecule has 4 nitrogen and oxygen atoms in total. The van der Waals surface area contributed by atoms with Crippen LogP contribution >= 0.6 is 0 Å². The molecule has 21 heavy (non-hydrogen) atoms. The summed E-state index contributed by atoms with van der Waals surface area (Å²) in [5.74, 6) is 0.837. The minimum Gasteiger partial charge on any atom is -0.368 e. The third kappa shape index (κ3) is 2.89. The van der Waals surface area contributed by atoms with Crippen LogP contribution in [0, 0.1) is 6.92 Å². The summed E-state index contributed by atoms with van der Waals surface area (Å²) in [6, 6.07) is 6.51. The van der Waals surface area contributed by atoms with E-state index in [-0.39, 0.29) is 0 Å². The summed E-state index contributed by atoms with van der Waals surface area (Å²) in [5.41, 5.74) is 4.91. The lowest BCUT2D eigenvalue weighted by Crippen LogP contribution is -2.06. The first-order valence-electron chi connectivity index (χ1n) is 7.38. The van der Waals surface area contributed by atoms with Gasteiger partial charge in [-0.1, -0.05) is 25.1 Å². The molecule has 0 atom stereocenters. The smallest absolute Gasteiger partial charge is 0.144 e. The topological polar surface area (TPSA) is 53.6 Å². The first-order chi connectivity index (χ1) is 10.3. The molecule has 0 amide bonds. The second-order valence-corrected chi connectivity index (χ2v) is 5.23.